The van der Waals surface area contributed by atoms with Crippen LogP contribution >= 0.6 is 0 Å². The first kappa shape index (κ1) is 7.78. The molecule has 0 saturated carbocycles. The maximum absolute atomic E-state index is 10.4. The fourth-order valence-electron chi connectivity index (χ4n) is 0.953. The summed E-state index contributed by atoms with van der Waals surface area (Å²) in [5, 5.41) is 13.3. The van der Waals surface area contributed by atoms with Crippen molar-refractivity contribution in [3.8, 4) is 0 Å². The van der Waals surface area contributed by atoms with Crippen LogP contribution in [0, 0.1) is 10.1 Å². The summed E-state index contributed by atoms with van der Waals surface area (Å²) >= 11 is 0. The van der Waals surface area contributed by atoms with Gasteiger partial charge in [-0.25, -0.2) is 0 Å². The van der Waals surface area contributed by atoms with Gasteiger partial charge in [0.25, 0.3) is 5.70 Å². The minimum atomic E-state index is -0.353. The van der Waals surface area contributed by atoms with Crippen molar-refractivity contribution in [1.29, 1.82) is 0 Å². The normalized spacial score (nSPS) is 23.3. The van der Waals surface area contributed by atoms with Crippen LogP contribution in [0.2, 0.25) is 0 Å². The first-order chi connectivity index (χ1) is 5.11. The Labute approximate surface area is 64.7 Å². The maximum atomic E-state index is 10.4. The summed E-state index contributed by atoms with van der Waals surface area (Å²) in [5.74, 6) is 0. The molecular formula is C7H10N2O2. The summed E-state index contributed by atoms with van der Waals surface area (Å²) in [4.78, 5) is 10.0. The third-order valence-electron chi connectivity index (χ3n) is 1.59. The van der Waals surface area contributed by atoms with Gasteiger partial charge >= 0.3 is 0 Å². The molecule has 0 aromatic heterocycles. The van der Waals surface area contributed by atoms with E-state index in [1.165, 1.54) is 0 Å². The lowest BCUT2D eigenvalue weighted by molar-refractivity contribution is -0.430. The molecule has 1 atom stereocenters. The highest BCUT2D eigenvalue weighted by molar-refractivity contribution is 5.24. The van der Waals surface area contributed by atoms with Gasteiger partial charge in [-0.3, -0.25) is 10.1 Å². The van der Waals surface area contributed by atoms with Crippen LogP contribution in [-0.4, -0.2) is 11.0 Å². The van der Waals surface area contributed by atoms with Crippen molar-refractivity contribution >= 4 is 0 Å². The molecule has 0 aliphatic carbocycles. The highest BCUT2D eigenvalue weighted by Crippen LogP contribution is 2.11. The zero-order valence-corrected chi connectivity index (χ0v) is 6.50. The number of dihydropyridines is 1. The van der Waals surface area contributed by atoms with E-state index in [0.717, 1.165) is 5.57 Å². The molecule has 1 N–H and O–H groups in total. The molecule has 1 aliphatic heterocycles. The van der Waals surface area contributed by atoms with E-state index < -0.39 is 0 Å². The van der Waals surface area contributed by atoms with E-state index in [4.69, 9.17) is 0 Å². The van der Waals surface area contributed by atoms with Crippen LogP contribution in [0.25, 0.3) is 0 Å². The molecule has 0 radical (unpaired) electrons. The standard InChI is InChI=1S/C7H10N2O2/c1-5-3-7(9(10)11)6(2)8-4-5/h3-4,6,8H,1-2H3. The Morgan fingerprint density at radius 3 is 2.82 bits per heavy atom. The second-order valence-electron chi connectivity index (χ2n) is 2.60. The molecule has 1 rings (SSSR count). The number of hydrogen-bond acceptors (Lipinski definition) is 3. The maximum Gasteiger partial charge on any atom is 0.268 e. The Balaban J connectivity index is 2.90. The molecule has 0 amide bonds. The molecule has 11 heavy (non-hydrogen) atoms. The van der Waals surface area contributed by atoms with Crippen LogP contribution < -0.4 is 5.32 Å². The van der Waals surface area contributed by atoms with Gasteiger partial charge in [0.15, 0.2) is 0 Å². The molecule has 60 valence electrons. The third-order valence-corrected chi connectivity index (χ3v) is 1.59. The second-order valence-corrected chi connectivity index (χ2v) is 2.60. The molecule has 0 aromatic rings. The average Bonchev–Trinajstić information content (AvgIpc) is 1.94. The molecule has 1 aliphatic rings. The fourth-order valence-corrected chi connectivity index (χ4v) is 0.953. The number of hydrogen-bond donors (Lipinski definition) is 1. The summed E-state index contributed by atoms with van der Waals surface area (Å²) in [5.41, 5.74) is 1.11. The van der Waals surface area contributed by atoms with E-state index in [-0.39, 0.29) is 16.7 Å². The zero-order chi connectivity index (χ0) is 8.43. The van der Waals surface area contributed by atoms with Crippen molar-refractivity contribution in [3.05, 3.63) is 33.7 Å². The van der Waals surface area contributed by atoms with Crippen LogP contribution in [0.4, 0.5) is 0 Å². The third kappa shape index (κ3) is 1.58. The minimum Gasteiger partial charge on any atom is -0.379 e. The Morgan fingerprint density at radius 2 is 2.36 bits per heavy atom. The molecule has 1 unspecified atom stereocenters. The van der Waals surface area contributed by atoms with E-state index in [1.54, 1.807) is 19.2 Å². The minimum absolute atomic E-state index is 0.186. The Hall–Kier alpha value is -1.32. The van der Waals surface area contributed by atoms with Crippen molar-refractivity contribution < 1.29 is 4.92 Å². The Kier molecular flexibility index (Phi) is 1.94. The van der Waals surface area contributed by atoms with Crippen LogP contribution in [-0.2, 0) is 0 Å². The van der Waals surface area contributed by atoms with Crippen LogP contribution in [0.1, 0.15) is 13.8 Å². The first-order valence-corrected chi connectivity index (χ1v) is 3.40. The number of nitrogens with zero attached hydrogens (tertiary/aromatic N) is 1. The van der Waals surface area contributed by atoms with Gasteiger partial charge in [-0.2, -0.15) is 0 Å². The lowest BCUT2D eigenvalue weighted by Crippen LogP contribution is -2.29. The molecule has 0 saturated heterocycles. The van der Waals surface area contributed by atoms with E-state index in [1.807, 2.05) is 6.92 Å². The predicted molar refractivity (Wildman–Crippen MR) is 41.4 cm³/mol. The summed E-state index contributed by atoms with van der Waals surface area (Å²) in [6.07, 6.45) is 3.36. The van der Waals surface area contributed by atoms with Crippen LogP contribution in [0.3, 0.4) is 0 Å². The smallest absolute Gasteiger partial charge is 0.268 e. The van der Waals surface area contributed by atoms with Crippen LogP contribution in [0.5, 0.6) is 0 Å². The molecule has 0 aromatic carbocycles. The number of rotatable bonds is 1. The lowest BCUT2D eigenvalue weighted by atomic mass is 10.1. The summed E-state index contributed by atoms with van der Waals surface area (Å²) < 4.78 is 0. The van der Waals surface area contributed by atoms with Crippen molar-refractivity contribution in [2.24, 2.45) is 0 Å². The van der Waals surface area contributed by atoms with Crippen molar-refractivity contribution in [3.63, 3.8) is 0 Å². The summed E-state index contributed by atoms with van der Waals surface area (Å²) in [6.45, 7) is 3.58. The van der Waals surface area contributed by atoms with Gasteiger partial charge < -0.3 is 5.32 Å². The number of allylic oxidation sites excluding steroid dienone is 2. The fraction of sp³-hybridized carbons (Fsp3) is 0.429. The monoisotopic (exact) mass is 154 g/mol. The first-order valence-electron chi connectivity index (χ1n) is 3.40. The van der Waals surface area contributed by atoms with Gasteiger partial charge in [0, 0.05) is 12.3 Å². The molecule has 1 heterocycles. The van der Waals surface area contributed by atoms with Gasteiger partial charge in [0.05, 0.1) is 4.92 Å². The molecule has 0 fully saturated rings. The Bertz CT molecular complexity index is 243. The molecule has 4 heteroatoms. The Morgan fingerprint density at radius 1 is 1.73 bits per heavy atom. The van der Waals surface area contributed by atoms with Crippen molar-refractivity contribution in [2.45, 2.75) is 19.9 Å². The topological polar surface area (TPSA) is 55.2 Å². The lowest BCUT2D eigenvalue weighted by Gasteiger charge is -2.13. The highest BCUT2D eigenvalue weighted by Gasteiger charge is 2.21. The van der Waals surface area contributed by atoms with E-state index in [0.29, 0.717) is 0 Å². The van der Waals surface area contributed by atoms with Gasteiger partial charge in [-0.1, -0.05) is 0 Å². The van der Waals surface area contributed by atoms with E-state index >= 15 is 0 Å². The predicted octanol–water partition coefficient (Wildman–Crippen LogP) is 1.04. The number of nitro groups is 1. The summed E-state index contributed by atoms with van der Waals surface area (Å²) in [6, 6.07) is -0.186. The molecule has 4 nitrogen and oxygen atoms in total. The highest BCUT2D eigenvalue weighted by atomic mass is 16.6. The number of nitrogens with one attached hydrogen (secondary N) is 1. The molecule has 0 bridgehead atoms. The molecular weight excluding hydrogens is 144 g/mol. The second kappa shape index (κ2) is 2.74. The molecule has 0 spiro atoms. The van der Waals surface area contributed by atoms with Crippen LogP contribution in [0.15, 0.2) is 23.5 Å². The van der Waals surface area contributed by atoms with E-state index in [2.05, 4.69) is 5.32 Å². The SMILES string of the molecule is CC1=CNC(C)C([N+](=O)[O-])=C1. The van der Waals surface area contributed by atoms with Gasteiger partial charge in [0.1, 0.15) is 6.04 Å². The summed E-state index contributed by atoms with van der Waals surface area (Å²) in [7, 11) is 0. The van der Waals surface area contributed by atoms with Gasteiger partial charge in [-0.15, -0.1) is 0 Å². The van der Waals surface area contributed by atoms with E-state index in [9.17, 15) is 10.1 Å². The van der Waals surface area contributed by atoms with Crippen molar-refractivity contribution in [1.82, 2.24) is 5.32 Å². The quantitative estimate of drug-likeness (QED) is 0.453. The van der Waals surface area contributed by atoms with Crippen molar-refractivity contribution in [2.75, 3.05) is 0 Å². The largest absolute Gasteiger partial charge is 0.379 e. The van der Waals surface area contributed by atoms with Gasteiger partial charge in [-0.05, 0) is 19.4 Å². The van der Waals surface area contributed by atoms with Gasteiger partial charge in [0.2, 0.25) is 0 Å². The average molecular weight is 154 g/mol. The zero-order valence-electron chi connectivity index (χ0n) is 6.50.